The first-order valence-electron chi connectivity index (χ1n) is 11.3. The number of carbonyl (C=O) groups is 2. The SMILES string of the molecule is CC[C@@H](NC(=O)c1cn(CC(C)C)cc(C(=O)N2CCCCCC2)c1=O)c1cccs1. The summed E-state index contributed by atoms with van der Waals surface area (Å²) in [6.45, 7) is 8.09. The molecular weight excluding hydrogens is 410 g/mol. The third-order valence-electron chi connectivity index (χ3n) is 5.62. The van der Waals surface area contributed by atoms with Gasteiger partial charge >= 0.3 is 0 Å². The first kappa shape index (κ1) is 23.3. The molecule has 1 saturated heterocycles. The number of nitrogens with zero attached hydrogens (tertiary/aromatic N) is 2. The standard InChI is InChI=1S/C24H33N3O3S/c1-4-20(21-10-9-13-31-21)25-23(29)18-15-26(14-17(2)3)16-19(22(18)28)24(30)27-11-7-5-6-8-12-27/h9-10,13,15-17,20H,4-8,11-12,14H2,1-3H3,(H,25,29)/t20-/m1/s1. The molecule has 0 saturated carbocycles. The summed E-state index contributed by atoms with van der Waals surface area (Å²) in [7, 11) is 0. The van der Waals surface area contributed by atoms with E-state index in [0.717, 1.165) is 37.0 Å². The van der Waals surface area contributed by atoms with Crippen LogP contribution in [0.2, 0.25) is 0 Å². The molecule has 3 rings (SSSR count). The summed E-state index contributed by atoms with van der Waals surface area (Å²) >= 11 is 1.58. The lowest BCUT2D eigenvalue weighted by Crippen LogP contribution is -2.39. The second-order valence-electron chi connectivity index (χ2n) is 8.66. The number of aromatic nitrogens is 1. The fraction of sp³-hybridized carbons (Fsp3) is 0.542. The molecule has 0 aromatic carbocycles. The van der Waals surface area contributed by atoms with Gasteiger partial charge in [-0.3, -0.25) is 14.4 Å². The van der Waals surface area contributed by atoms with Crippen LogP contribution in [0.1, 0.15) is 84.5 Å². The summed E-state index contributed by atoms with van der Waals surface area (Å²) in [4.78, 5) is 42.4. The quantitative estimate of drug-likeness (QED) is 0.687. The molecule has 1 atom stereocenters. The number of hydrogen-bond donors (Lipinski definition) is 1. The smallest absolute Gasteiger partial charge is 0.259 e. The zero-order valence-electron chi connectivity index (χ0n) is 18.7. The van der Waals surface area contributed by atoms with Gasteiger partial charge in [-0.05, 0) is 36.6 Å². The van der Waals surface area contributed by atoms with Gasteiger partial charge < -0.3 is 14.8 Å². The van der Waals surface area contributed by atoms with Crippen molar-refractivity contribution >= 4 is 23.2 Å². The Morgan fingerprint density at radius 2 is 1.77 bits per heavy atom. The average molecular weight is 444 g/mol. The Kier molecular flexibility index (Phi) is 8.07. The maximum atomic E-state index is 13.3. The highest BCUT2D eigenvalue weighted by molar-refractivity contribution is 7.10. The van der Waals surface area contributed by atoms with E-state index in [1.807, 2.05) is 29.0 Å². The molecule has 3 heterocycles. The molecule has 2 aromatic heterocycles. The number of likely N-dealkylation sites (tertiary alicyclic amines) is 1. The van der Waals surface area contributed by atoms with Crippen molar-refractivity contribution in [3.8, 4) is 0 Å². The second-order valence-corrected chi connectivity index (χ2v) is 9.64. The molecular formula is C24H33N3O3S. The molecule has 31 heavy (non-hydrogen) atoms. The summed E-state index contributed by atoms with van der Waals surface area (Å²) in [5.41, 5.74) is -0.344. The third-order valence-corrected chi connectivity index (χ3v) is 6.61. The summed E-state index contributed by atoms with van der Waals surface area (Å²) in [6.07, 6.45) is 8.05. The van der Waals surface area contributed by atoms with Crippen molar-refractivity contribution < 1.29 is 9.59 Å². The number of carbonyl (C=O) groups excluding carboxylic acids is 2. The topological polar surface area (TPSA) is 71.4 Å². The molecule has 0 radical (unpaired) electrons. The first-order chi connectivity index (χ1) is 14.9. The molecule has 0 aliphatic carbocycles. The lowest BCUT2D eigenvalue weighted by molar-refractivity contribution is 0.0759. The van der Waals surface area contributed by atoms with Crippen molar-refractivity contribution in [3.63, 3.8) is 0 Å². The van der Waals surface area contributed by atoms with Crippen LogP contribution in [0.15, 0.2) is 34.7 Å². The first-order valence-corrected chi connectivity index (χ1v) is 12.2. The number of amides is 2. The Balaban J connectivity index is 1.94. The molecule has 168 valence electrons. The minimum atomic E-state index is -0.479. The molecule has 0 bridgehead atoms. The normalized spacial score (nSPS) is 15.5. The van der Waals surface area contributed by atoms with Crippen molar-refractivity contribution in [2.45, 2.75) is 65.5 Å². The zero-order chi connectivity index (χ0) is 22.4. The average Bonchev–Trinajstić information content (AvgIpc) is 3.14. The van der Waals surface area contributed by atoms with Crippen LogP contribution in [0, 0.1) is 5.92 Å². The highest BCUT2D eigenvalue weighted by atomic mass is 32.1. The van der Waals surface area contributed by atoms with Crippen LogP contribution >= 0.6 is 11.3 Å². The Morgan fingerprint density at radius 1 is 1.10 bits per heavy atom. The van der Waals surface area contributed by atoms with E-state index >= 15 is 0 Å². The summed E-state index contributed by atoms with van der Waals surface area (Å²) in [5.74, 6) is -0.369. The Morgan fingerprint density at radius 3 is 2.35 bits per heavy atom. The lowest BCUT2D eigenvalue weighted by atomic mass is 10.1. The van der Waals surface area contributed by atoms with E-state index in [4.69, 9.17) is 0 Å². The van der Waals surface area contributed by atoms with E-state index in [0.29, 0.717) is 25.6 Å². The molecule has 2 aromatic rings. The Bertz CT molecular complexity index is 941. The van der Waals surface area contributed by atoms with Gasteiger partial charge in [0.15, 0.2) is 0 Å². The second kappa shape index (κ2) is 10.8. The molecule has 6 nitrogen and oxygen atoms in total. The van der Waals surface area contributed by atoms with Gasteiger partial charge in [0.2, 0.25) is 5.43 Å². The largest absolute Gasteiger partial charge is 0.352 e. The molecule has 1 fully saturated rings. The molecule has 0 spiro atoms. The van der Waals surface area contributed by atoms with Gasteiger partial charge in [-0.1, -0.05) is 39.7 Å². The van der Waals surface area contributed by atoms with E-state index in [1.165, 1.54) is 0 Å². The molecule has 1 aliphatic heterocycles. The van der Waals surface area contributed by atoms with Gasteiger partial charge in [0.1, 0.15) is 11.1 Å². The molecule has 1 N–H and O–H groups in total. The van der Waals surface area contributed by atoms with Gasteiger partial charge in [-0.25, -0.2) is 0 Å². The maximum Gasteiger partial charge on any atom is 0.259 e. The van der Waals surface area contributed by atoms with Crippen molar-refractivity contribution in [2.24, 2.45) is 5.92 Å². The van der Waals surface area contributed by atoms with Crippen LogP contribution < -0.4 is 10.7 Å². The van der Waals surface area contributed by atoms with Gasteiger partial charge in [0.25, 0.3) is 11.8 Å². The maximum absolute atomic E-state index is 13.3. The molecule has 2 amide bonds. The van der Waals surface area contributed by atoms with Crippen molar-refractivity contribution in [3.05, 3.63) is 56.1 Å². The summed E-state index contributed by atoms with van der Waals surface area (Å²) in [6, 6.07) is 3.77. The number of rotatable bonds is 7. The fourth-order valence-electron chi connectivity index (χ4n) is 4.02. The monoisotopic (exact) mass is 443 g/mol. The Labute approximate surface area is 188 Å². The van der Waals surface area contributed by atoms with Crippen LogP contribution in [-0.4, -0.2) is 34.4 Å². The van der Waals surface area contributed by atoms with E-state index in [1.54, 1.807) is 28.6 Å². The molecule has 1 aliphatic rings. The van der Waals surface area contributed by atoms with E-state index in [9.17, 15) is 14.4 Å². The van der Waals surface area contributed by atoms with Gasteiger partial charge in [0, 0.05) is 36.9 Å². The van der Waals surface area contributed by atoms with Crippen LogP contribution in [0.3, 0.4) is 0 Å². The number of pyridine rings is 1. The number of hydrogen-bond acceptors (Lipinski definition) is 4. The summed E-state index contributed by atoms with van der Waals surface area (Å²) in [5, 5.41) is 4.97. The predicted octanol–water partition coefficient (Wildman–Crippen LogP) is 4.46. The predicted molar refractivity (Wildman–Crippen MR) is 125 cm³/mol. The van der Waals surface area contributed by atoms with Crippen molar-refractivity contribution in [1.29, 1.82) is 0 Å². The van der Waals surface area contributed by atoms with Gasteiger partial charge in [-0.15, -0.1) is 11.3 Å². The van der Waals surface area contributed by atoms with Crippen LogP contribution in [0.4, 0.5) is 0 Å². The van der Waals surface area contributed by atoms with E-state index in [2.05, 4.69) is 19.2 Å². The summed E-state index contributed by atoms with van der Waals surface area (Å²) < 4.78 is 1.82. The van der Waals surface area contributed by atoms with Crippen LogP contribution in [0.25, 0.3) is 0 Å². The van der Waals surface area contributed by atoms with Crippen LogP contribution in [0.5, 0.6) is 0 Å². The highest BCUT2D eigenvalue weighted by Crippen LogP contribution is 2.22. The zero-order valence-corrected chi connectivity index (χ0v) is 19.5. The Hall–Kier alpha value is -2.41. The van der Waals surface area contributed by atoms with E-state index in [-0.39, 0.29) is 23.1 Å². The molecule has 7 heteroatoms. The lowest BCUT2D eigenvalue weighted by Gasteiger charge is -2.22. The van der Waals surface area contributed by atoms with Gasteiger partial charge in [0.05, 0.1) is 6.04 Å². The van der Waals surface area contributed by atoms with Crippen molar-refractivity contribution in [2.75, 3.05) is 13.1 Å². The minimum Gasteiger partial charge on any atom is -0.352 e. The van der Waals surface area contributed by atoms with Crippen LogP contribution in [-0.2, 0) is 6.54 Å². The fourth-order valence-corrected chi connectivity index (χ4v) is 4.88. The minimum absolute atomic E-state index is 0.0383. The third kappa shape index (κ3) is 5.85. The van der Waals surface area contributed by atoms with E-state index < -0.39 is 11.3 Å². The highest BCUT2D eigenvalue weighted by Gasteiger charge is 2.25. The van der Waals surface area contributed by atoms with Crippen molar-refractivity contribution in [1.82, 2.24) is 14.8 Å². The number of nitrogens with one attached hydrogen (secondary N) is 1. The van der Waals surface area contributed by atoms with Gasteiger partial charge in [-0.2, -0.15) is 0 Å². The number of thiophene rings is 1. The molecule has 0 unspecified atom stereocenters.